The third-order valence-corrected chi connectivity index (χ3v) is 5.26. The molecule has 1 aliphatic rings. The zero-order valence-corrected chi connectivity index (χ0v) is 18.1. The van der Waals surface area contributed by atoms with E-state index in [0.29, 0.717) is 42.8 Å². The minimum Gasteiger partial charge on any atom is -0.481 e. The highest BCUT2D eigenvalue weighted by Gasteiger charge is 2.30. The first-order valence-electron chi connectivity index (χ1n) is 9.76. The van der Waals surface area contributed by atoms with Crippen LogP contribution in [0, 0.1) is 20.8 Å². The molecule has 160 valence electrons. The van der Waals surface area contributed by atoms with Gasteiger partial charge in [0.25, 0.3) is 0 Å². The van der Waals surface area contributed by atoms with Crippen LogP contribution >= 0.6 is 0 Å². The average molecular weight is 406 g/mol. The van der Waals surface area contributed by atoms with Gasteiger partial charge in [0, 0.05) is 31.9 Å². The van der Waals surface area contributed by atoms with E-state index < -0.39 is 18.7 Å². The van der Waals surface area contributed by atoms with Crippen molar-refractivity contribution in [3.05, 3.63) is 22.3 Å². The molecule has 0 saturated carbocycles. The summed E-state index contributed by atoms with van der Waals surface area (Å²) in [4.78, 5) is 27.4. The predicted octanol–water partition coefficient (Wildman–Crippen LogP) is 0.976. The van der Waals surface area contributed by atoms with Crippen molar-refractivity contribution < 1.29 is 29.5 Å². The summed E-state index contributed by atoms with van der Waals surface area (Å²) < 4.78 is 5.43. The summed E-state index contributed by atoms with van der Waals surface area (Å²) in [6.45, 7) is 12.9. The van der Waals surface area contributed by atoms with Crippen molar-refractivity contribution in [2.75, 3.05) is 31.1 Å². The summed E-state index contributed by atoms with van der Waals surface area (Å²) in [6.07, 6.45) is -0.546. The number of amides is 1. The summed E-state index contributed by atoms with van der Waals surface area (Å²) >= 11 is 0. The lowest BCUT2D eigenvalue weighted by atomic mass is 9.71. The van der Waals surface area contributed by atoms with Crippen molar-refractivity contribution in [3.8, 4) is 0 Å². The summed E-state index contributed by atoms with van der Waals surface area (Å²) in [6, 6.07) is 0. The number of carbonyl (C=O) groups excluding carboxylic acids is 1. The van der Waals surface area contributed by atoms with Gasteiger partial charge in [-0.15, -0.1) is 0 Å². The molecule has 0 radical (unpaired) electrons. The van der Waals surface area contributed by atoms with Crippen LogP contribution in [0.5, 0.6) is 0 Å². The first-order valence-corrected chi connectivity index (χ1v) is 9.76. The van der Waals surface area contributed by atoms with Crippen LogP contribution in [-0.2, 0) is 16.0 Å². The number of carboxylic acids is 1. The first kappa shape index (κ1) is 23.0. The normalized spacial score (nSPS) is 14.8. The fraction of sp³-hybridized carbons (Fsp3) is 0.600. The second-order valence-corrected chi connectivity index (χ2v) is 8.51. The molecule has 0 unspecified atom stereocenters. The van der Waals surface area contributed by atoms with Gasteiger partial charge in [0.15, 0.2) is 0 Å². The number of nitrogens with zero attached hydrogens (tertiary/aromatic N) is 2. The van der Waals surface area contributed by atoms with Crippen LogP contribution in [0.2, 0.25) is 0 Å². The van der Waals surface area contributed by atoms with Crippen molar-refractivity contribution in [2.24, 2.45) is 0 Å². The molecule has 0 bridgehead atoms. The monoisotopic (exact) mass is 406 g/mol. The molecule has 1 amide bonds. The predicted molar refractivity (Wildman–Crippen MR) is 112 cm³/mol. The Morgan fingerprint density at radius 1 is 1.00 bits per heavy atom. The van der Waals surface area contributed by atoms with Gasteiger partial charge in [0.05, 0.1) is 6.42 Å². The van der Waals surface area contributed by atoms with E-state index in [-0.39, 0.29) is 12.5 Å². The largest absolute Gasteiger partial charge is 0.489 e. The summed E-state index contributed by atoms with van der Waals surface area (Å²) in [5, 5.41) is 29.1. The molecular weight excluding hydrogens is 375 g/mol. The van der Waals surface area contributed by atoms with E-state index in [2.05, 4.69) is 4.90 Å². The molecule has 0 aliphatic carbocycles. The molecule has 1 aliphatic heterocycles. The molecular formula is C20H31BN2O6. The lowest BCUT2D eigenvalue weighted by molar-refractivity contribution is -0.136. The van der Waals surface area contributed by atoms with Crippen LogP contribution in [0.4, 0.5) is 10.5 Å². The Morgan fingerprint density at radius 2 is 1.55 bits per heavy atom. The zero-order valence-electron chi connectivity index (χ0n) is 18.1. The quantitative estimate of drug-likeness (QED) is 0.640. The topological polar surface area (TPSA) is 111 Å². The minimum atomic E-state index is -1.69. The number of piperazine rings is 1. The molecule has 29 heavy (non-hydrogen) atoms. The molecule has 0 aromatic heterocycles. The van der Waals surface area contributed by atoms with Gasteiger partial charge >= 0.3 is 19.2 Å². The Kier molecular flexibility index (Phi) is 6.85. The number of ether oxygens (including phenoxy) is 1. The molecule has 1 aromatic carbocycles. The van der Waals surface area contributed by atoms with Crippen molar-refractivity contribution in [2.45, 2.75) is 53.6 Å². The maximum Gasteiger partial charge on any atom is 0.489 e. The number of hydrogen-bond donors (Lipinski definition) is 3. The van der Waals surface area contributed by atoms with Crippen molar-refractivity contribution >= 4 is 30.3 Å². The molecule has 1 heterocycles. The second-order valence-electron chi connectivity index (χ2n) is 8.51. The highest BCUT2D eigenvalue weighted by atomic mass is 16.6. The van der Waals surface area contributed by atoms with Gasteiger partial charge in [-0.1, -0.05) is 0 Å². The lowest BCUT2D eigenvalue weighted by Crippen LogP contribution is -2.51. The van der Waals surface area contributed by atoms with Gasteiger partial charge in [-0.2, -0.15) is 0 Å². The number of rotatable bonds is 4. The maximum atomic E-state index is 12.3. The number of hydrogen-bond acceptors (Lipinski definition) is 6. The van der Waals surface area contributed by atoms with Gasteiger partial charge in [-0.05, 0) is 69.3 Å². The number of aliphatic carboxylic acids is 1. The lowest BCUT2D eigenvalue weighted by Gasteiger charge is -2.39. The summed E-state index contributed by atoms with van der Waals surface area (Å²) in [5.74, 6) is -0.973. The number of carboxylic acid groups (broad SMARTS) is 1. The molecule has 1 fully saturated rings. The van der Waals surface area contributed by atoms with Crippen LogP contribution in [0.3, 0.4) is 0 Å². The highest BCUT2D eigenvalue weighted by molar-refractivity contribution is 6.60. The van der Waals surface area contributed by atoms with Crippen molar-refractivity contribution in [1.82, 2.24) is 4.90 Å². The number of benzene rings is 1. The Hall–Kier alpha value is -2.26. The molecule has 8 nitrogen and oxygen atoms in total. The summed E-state index contributed by atoms with van der Waals surface area (Å²) in [5.41, 5.74) is 3.31. The van der Waals surface area contributed by atoms with Crippen LogP contribution < -0.4 is 10.4 Å². The van der Waals surface area contributed by atoms with Crippen LogP contribution in [0.25, 0.3) is 0 Å². The molecule has 3 N–H and O–H groups in total. The third kappa shape index (κ3) is 5.22. The van der Waals surface area contributed by atoms with Crippen LogP contribution in [0.1, 0.15) is 43.0 Å². The number of anilines is 1. The Bertz CT molecular complexity index is 795. The van der Waals surface area contributed by atoms with Gasteiger partial charge in [0.1, 0.15) is 5.60 Å². The van der Waals surface area contributed by atoms with E-state index in [1.807, 2.05) is 34.6 Å². The molecule has 0 spiro atoms. The maximum absolute atomic E-state index is 12.3. The number of carbonyl (C=O) groups is 2. The molecule has 1 saturated heterocycles. The van der Waals surface area contributed by atoms with Gasteiger partial charge < -0.3 is 29.7 Å². The zero-order chi connectivity index (χ0) is 22.1. The fourth-order valence-corrected chi connectivity index (χ4v) is 3.99. The van der Waals surface area contributed by atoms with E-state index in [1.54, 1.807) is 11.8 Å². The van der Waals surface area contributed by atoms with Crippen molar-refractivity contribution in [3.63, 3.8) is 0 Å². The standard InChI is InChI=1S/C20H31BN2O6/c1-12-15(11-16(24)25)13(2)18(14(3)17(12)21(27)28)22-7-9-23(10-8-22)19(26)29-20(4,5)6/h27-28H,7-11H2,1-6H3,(H,24,25). The smallest absolute Gasteiger partial charge is 0.481 e. The van der Waals surface area contributed by atoms with E-state index in [4.69, 9.17) is 4.74 Å². The molecule has 9 heteroatoms. The average Bonchev–Trinajstić information content (AvgIpc) is 2.57. The molecule has 0 atom stereocenters. The highest BCUT2D eigenvalue weighted by Crippen LogP contribution is 2.30. The van der Waals surface area contributed by atoms with E-state index in [0.717, 1.165) is 16.8 Å². The Balaban J connectivity index is 2.34. The molecule has 1 aromatic rings. The summed E-state index contributed by atoms with van der Waals surface area (Å²) in [7, 11) is -1.69. The Labute approximate surface area is 172 Å². The van der Waals surface area contributed by atoms with E-state index in [9.17, 15) is 24.7 Å². The third-order valence-electron chi connectivity index (χ3n) is 5.26. The SMILES string of the molecule is Cc1c(CC(=O)O)c(C)c(N2CCN(C(=O)OC(C)(C)C)CC2)c(C)c1B(O)O. The van der Waals surface area contributed by atoms with E-state index in [1.165, 1.54) is 0 Å². The fourth-order valence-electron chi connectivity index (χ4n) is 3.99. The minimum absolute atomic E-state index is 0.192. The van der Waals surface area contributed by atoms with Crippen molar-refractivity contribution in [1.29, 1.82) is 0 Å². The van der Waals surface area contributed by atoms with Crippen LogP contribution in [0.15, 0.2) is 0 Å². The Morgan fingerprint density at radius 3 is 2.00 bits per heavy atom. The first-order chi connectivity index (χ1) is 13.3. The van der Waals surface area contributed by atoms with E-state index >= 15 is 0 Å². The van der Waals surface area contributed by atoms with Gasteiger partial charge in [0.2, 0.25) is 0 Å². The second kappa shape index (κ2) is 8.63. The van der Waals surface area contributed by atoms with Crippen LogP contribution in [-0.4, -0.2) is 71.0 Å². The van der Waals surface area contributed by atoms with Gasteiger partial charge in [-0.25, -0.2) is 4.79 Å². The molecule has 2 rings (SSSR count). The van der Waals surface area contributed by atoms with Gasteiger partial charge in [-0.3, -0.25) is 4.79 Å².